The molecule has 3 aromatic rings. The van der Waals surface area contributed by atoms with Crippen LogP contribution in [0.5, 0.6) is 0 Å². The highest BCUT2D eigenvalue weighted by atomic mass is 32.2. The van der Waals surface area contributed by atoms with E-state index in [0.29, 0.717) is 24.2 Å². The lowest BCUT2D eigenvalue weighted by atomic mass is 10.0. The summed E-state index contributed by atoms with van der Waals surface area (Å²) in [6.45, 7) is 0.321. The fourth-order valence-electron chi connectivity index (χ4n) is 3.83. The summed E-state index contributed by atoms with van der Waals surface area (Å²) in [5.74, 6) is 0. The minimum Gasteiger partial charge on any atom is -0.281 e. The number of benzene rings is 3. The van der Waals surface area contributed by atoms with Gasteiger partial charge in [0.15, 0.2) is 0 Å². The second-order valence-electron chi connectivity index (χ2n) is 7.56. The van der Waals surface area contributed by atoms with Crippen LogP contribution < -0.4 is 4.31 Å². The number of aliphatic imine (C=N–C) groups is 1. The lowest BCUT2D eigenvalue weighted by Gasteiger charge is -2.20. The molecule has 158 valence electrons. The molecule has 31 heavy (non-hydrogen) atoms. The molecule has 0 radical (unpaired) electrons. The summed E-state index contributed by atoms with van der Waals surface area (Å²) in [4.78, 5) is 4.30. The predicted molar refractivity (Wildman–Crippen MR) is 113 cm³/mol. The van der Waals surface area contributed by atoms with Crippen LogP contribution in [0.1, 0.15) is 22.7 Å². The van der Waals surface area contributed by atoms with Crippen molar-refractivity contribution < 1.29 is 21.6 Å². The molecule has 2 aliphatic rings. The third-order valence-corrected chi connectivity index (χ3v) is 7.41. The summed E-state index contributed by atoms with van der Waals surface area (Å²) < 4.78 is 66.1. The maximum Gasteiger partial charge on any atom is 0.416 e. The van der Waals surface area contributed by atoms with Crippen molar-refractivity contribution in [3.8, 4) is 11.1 Å². The van der Waals surface area contributed by atoms with Gasteiger partial charge in [0.2, 0.25) is 0 Å². The summed E-state index contributed by atoms with van der Waals surface area (Å²) in [5, 5.41) is 0. The lowest BCUT2D eigenvalue weighted by molar-refractivity contribution is -0.137. The van der Waals surface area contributed by atoms with Crippen molar-refractivity contribution in [3.05, 3.63) is 83.4 Å². The Kier molecular flexibility index (Phi) is 4.44. The third-order valence-electron chi connectivity index (χ3n) is 5.59. The Bertz CT molecular complexity index is 1280. The van der Waals surface area contributed by atoms with Gasteiger partial charge in [0.05, 0.1) is 16.1 Å². The molecule has 3 aromatic carbocycles. The maximum atomic E-state index is 13.2. The monoisotopic (exact) mass is 442 g/mol. The molecule has 0 aromatic heterocycles. The van der Waals surface area contributed by atoms with Crippen LogP contribution in [0, 0.1) is 0 Å². The normalized spacial score (nSPS) is 17.6. The van der Waals surface area contributed by atoms with Gasteiger partial charge in [0, 0.05) is 12.8 Å². The lowest BCUT2D eigenvalue weighted by Crippen LogP contribution is -2.29. The van der Waals surface area contributed by atoms with Crippen molar-refractivity contribution in [2.75, 3.05) is 10.8 Å². The molecule has 5 rings (SSSR count). The molecule has 1 unspecified atom stereocenters. The van der Waals surface area contributed by atoms with E-state index in [4.69, 9.17) is 0 Å². The van der Waals surface area contributed by atoms with Gasteiger partial charge in [0.25, 0.3) is 10.0 Å². The second-order valence-corrected chi connectivity index (χ2v) is 9.42. The molecule has 2 heterocycles. The third kappa shape index (κ3) is 3.61. The standard InChI is InChI=1S/C23H17F3N2O2S/c24-23(25,26)19-6-1-15(2-7-19)17-5-10-22-18(13-17)11-12-28(22)31(29,30)20-8-3-16(4-9-20)21-14-27-21/h1-10,13-14,21H,11-12H2. The zero-order valence-electron chi connectivity index (χ0n) is 16.2. The van der Waals surface area contributed by atoms with Crippen LogP contribution in [0.4, 0.5) is 18.9 Å². The van der Waals surface area contributed by atoms with Crippen molar-refractivity contribution in [1.82, 2.24) is 0 Å². The molecule has 0 saturated carbocycles. The summed E-state index contributed by atoms with van der Waals surface area (Å²) in [5.41, 5.74) is 3.11. The van der Waals surface area contributed by atoms with E-state index < -0.39 is 21.8 Å². The molecule has 8 heteroatoms. The molecule has 0 spiro atoms. The average Bonchev–Trinajstić information content (AvgIpc) is 3.51. The van der Waals surface area contributed by atoms with Gasteiger partial charge in [0.1, 0.15) is 6.04 Å². The molecule has 0 fully saturated rings. The van der Waals surface area contributed by atoms with E-state index >= 15 is 0 Å². The van der Waals surface area contributed by atoms with Crippen molar-refractivity contribution in [3.63, 3.8) is 0 Å². The van der Waals surface area contributed by atoms with Gasteiger partial charge in [-0.3, -0.25) is 9.30 Å². The SMILES string of the molecule is O=S(=O)(c1ccc(C2C=N2)cc1)N1CCc2cc(-c3ccc(C(F)(F)F)cc3)ccc21. The highest BCUT2D eigenvalue weighted by Crippen LogP contribution is 2.37. The van der Waals surface area contributed by atoms with E-state index in [-0.39, 0.29) is 10.9 Å². The Balaban J connectivity index is 1.42. The van der Waals surface area contributed by atoms with Crippen LogP contribution >= 0.6 is 0 Å². The number of fused-ring (bicyclic) bond motifs is 1. The van der Waals surface area contributed by atoms with Crippen LogP contribution in [-0.4, -0.2) is 21.2 Å². The molecule has 0 aliphatic carbocycles. The molecule has 4 nitrogen and oxygen atoms in total. The molecule has 0 N–H and O–H groups in total. The van der Waals surface area contributed by atoms with Gasteiger partial charge in [-0.2, -0.15) is 13.2 Å². The minimum absolute atomic E-state index is 0.0629. The van der Waals surface area contributed by atoms with E-state index in [1.165, 1.54) is 16.4 Å². The van der Waals surface area contributed by atoms with E-state index in [9.17, 15) is 21.6 Å². The van der Waals surface area contributed by atoms with Crippen molar-refractivity contribution in [2.45, 2.75) is 23.5 Å². The summed E-state index contributed by atoms with van der Waals surface area (Å²) in [6.07, 6.45) is -2.04. The van der Waals surface area contributed by atoms with Gasteiger partial charge >= 0.3 is 6.18 Å². The summed E-state index contributed by atoms with van der Waals surface area (Å²) >= 11 is 0. The van der Waals surface area contributed by atoms with Crippen molar-refractivity contribution in [2.24, 2.45) is 4.99 Å². The average molecular weight is 442 g/mol. The van der Waals surface area contributed by atoms with Crippen LogP contribution in [0.3, 0.4) is 0 Å². The van der Waals surface area contributed by atoms with Crippen molar-refractivity contribution >= 4 is 21.9 Å². The van der Waals surface area contributed by atoms with Gasteiger partial charge in [-0.25, -0.2) is 8.42 Å². The molecule has 2 aliphatic heterocycles. The van der Waals surface area contributed by atoms with Gasteiger partial charge in [-0.15, -0.1) is 0 Å². The molecule has 0 saturated heterocycles. The first kappa shape index (κ1) is 19.8. The summed E-state index contributed by atoms with van der Waals surface area (Å²) in [6, 6.07) is 17.1. The first-order valence-electron chi connectivity index (χ1n) is 9.70. The van der Waals surface area contributed by atoms with Crippen LogP contribution in [-0.2, 0) is 22.6 Å². The summed E-state index contributed by atoms with van der Waals surface area (Å²) in [7, 11) is -3.71. The van der Waals surface area contributed by atoms with E-state index in [2.05, 4.69) is 4.99 Å². The van der Waals surface area contributed by atoms with Gasteiger partial charge in [-0.1, -0.05) is 30.3 Å². The Morgan fingerprint density at radius 3 is 2.16 bits per heavy atom. The zero-order valence-corrected chi connectivity index (χ0v) is 17.0. The smallest absolute Gasteiger partial charge is 0.281 e. The fourth-order valence-corrected chi connectivity index (χ4v) is 5.33. The number of anilines is 1. The molecule has 1 atom stereocenters. The Labute approximate surface area is 177 Å². The number of alkyl halides is 3. The molecular formula is C23H17F3N2O2S. The Hall–Kier alpha value is -3.13. The Morgan fingerprint density at radius 2 is 1.55 bits per heavy atom. The number of rotatable bonds is 4. The van der Waals surface area contributed by atoms with Crippen LogP contribution in [0.2, 0.25) is 0 Å². The predicted octanol–water partition coefficient (Wildman–Crippen LogP) is 5.25. The highest BCUT2D eigenvalue weighted by molar-refractivity contribution is 7.92. The number of nitrogens with zero attached hydrogens (tertiary/aromatic N) is 2. The molecular weight excluding hydrogens is 425 g/mol. The maximum absolute atomic E-state index is 13.2. The molecule has 0 bridgehead atoms. The van der Waals surface area contributed by atoms with E-state index in [1.807, 2.05) is 6.07 Å². The van der Waals surface area contributed by atoms with Gasteiger partial charge in [-0.05, 0) is 65.1 Å². The number of hydrogen-bond acceptors (Lipinski definition) is 3. The van der Waals surface area contributed by atoms with E-state index in [0.717, 1.165) is 28.8 Å². The largest absolute Gasteiger partial charge is 0.416 e. The number of halogens is 3. The van der Waals surface area contributed by atoms with Crippen LogP contribution in [0.15, 0.2) is 76.6 Å². The Morgan fingerprint density at radius 1 is 0.903 bits per heavy atom. The topological polar surface area (TPSA) is 49.7 Å². The van der Waals surface area contributed by atoms with Crippen molar-refractivity contribution in [1.29, 1.82) is 0 Å². The molecule has 0 amide bonds. The fraction of sp³-hybridized carbons (Fsp3) is 0.174. The quantitative estimate of drug-likeness (QED) is 0.554. The minimum atomic E-state index is -4.38. The van der Waals surface area contributed by atoms with Gasteiger partial charge < -0.3 is 0 Å². The number of sulfonamides is 1. The second kappa shape index (κ2) is 6.95. The first-order valence-corrected chi connectivity index (χ1v) is 11.1. The van der Waals surface area contributed by atoms with E-state index in [1.54, 1.807) is 42.6 Å². The number of hydrogen-bond donors (Lipinski definition) is 0. The first-order chi connectivity index (χ1) is 14.7. The van der Waals surface area contributed by atoms with Crippen LogP contribution in [0.25, 0.3) is 11.1 Å². The zero-order chi connectivity index (χ0) is 21.8. The highest BCUT2D eigenvalue weighted by Gasteiger charge is 2.32.